The highest BCUT2D eigenvalue weighted by Gasteiger charge is 2.31. The van der Waals surface area contributed by atoms with E-state index in [1.807, 2.05) is 0 Å². The number of hydrogen-bond donors (Lipinski definition) is 1. The summed E-state index contributed by atoms with van der Waals surface area (Å²) < 4.78 is 50.2. The summed E-state index contributed by atoms with van der Waals surface area (Å²) in [6.07, 6.45) is -5.92. The molecule has 2 rings (SSSR count). The van der Waals surface area contributed by atoms with Crippen LogP contribution in [0, 0.1) is 0 Å². The van der Waals surface area contributed by atoms with Gasteiger partial charge in [-0.05, 0) is 43.3 Å². The molecule has 0 aliphatic heterocycles. The van der Waals surface area contributed by atoms with Crippen molar-refractivity contribution in [3.63, 3.8) is 0 Å². The lowest BCUT2D eigenvalue weighted by Gasteiger charge is -2.14. The van der Waals surface area contributed by atoms with Crippen molar-refractivity contribution in [1.29, 1.82) is 0 Å². The zero-order valence-electron chi connectivity index (χ0n) is 14.2. The number of nitrogens with one attached hydrogen (secondary N) is 1. The van der Waals surface area contributed by atoms with Gasteiger partial charge < -0.3 is 19.5 Å². The van der Waals surface area contributed by atoms with Gasteiger partial charge >= 0.3 is 12.3 Å². The summed E-state index contributed by atoms with van der Waals surface area (Å²) in [6, 6.07) is 13.1. The van der Waals surface area contributed by atoms with Crippen LogP contribution in [-0.2, 0) is 14.3 Å². The van der Waals surface area contributed by atoms with Crippen LogP contribution < -0.4 is 14.8 Å². The normalized spacial score (nSPS) is 12.0. The van der Waals surface area contributed by atoms with Crippen molar-refractivity contribution in [2.24, 2.45) is 0 Å². The van der Waals surface area contributed by atoms with Gasteiger partial charge in [-0.2, -0.15) is 0 Å². The highest BCUT2D eigenvalue weighted by molar-refractivity contribution is 5.95. The highest BCUT2D eigenvalue weighted by atomic mass is 19.4. The number of hydrogen-bond acceptors (Lipinski definition) is 5. The smallest absolute Gasteiger partial charge is 0.482 e. The Kier molecular flexibility index (Phi) is 6.64. The van der Waals surface area contributed by atoms with E-state index in [0.29, 0.717) is 5.75 Å². The lowest BCUT2D eigenvalue weighted by Crippen LogP contribution is -2.31. The molecule has 0 saturated carbocycles. The number of carbonyl (C=O) groups excluding carboxylic acids is 2. The summed E-state index contributed by atoms with van der Waals surface area (Å²) in [5.41, 5.74) is 0.220. The van der Waals surface area contributed by atoms with Crippen LogP contribution >= 0.6 is 0 Å². The fourth-order valence-electron chi connectivity index (χ4n) is 1.93. The molecular weight excluding hydrogens is 367 g/mol. The zero-order chi connectivity index (χ0) is 19.9. The van der Waals surface area contributed by atoms with Crippen LogP contribution in [0.1, 0.15) is 6.92 Å². The fourth-order valence-corrected chi connectivity index (χ4v) is 1.93. The number of benzene rings is 2. The molecule has 0 aromatic heterocycles. The van der Waals surface area contributed by atoms with Gasteiger partial charge in [-0.3, -0.25) is 4.79 Å². The number of amides is 1. The van der Waals surface area contributed by atoms with Crippen molar-refractivity contribution < 1.29 is 37.0 Å². The second kappa shape index (κ2) is 8.93. The summed E-state index contributed by atoms with van der Waals surface area (Å²) in [5.74, 6) is -1.33. The molecule has 144 valence electrons. The van der Waals surface area contributed by atoms with E-state index in [-0.39, 0.29) is 12.3 Å². The van der Waals surface area contributed by atoms with Crippen molar-refractivity contribution in [1.82, 2.24) is 0 Å². The number of para-hydroxylation sites is 1. The molecule has 0 bridgehead atoms. The number of anilines is 1. The van der Waals surface area contributed by atoms with E-state index in [0.717, 1.165) is 12.1 Å². The van der Waals surface area contributed by atoms with Gasteiger partial charge in [0.05, 0.1) is 0 Å². The number of esters is 1. The second-order valence-electron chi connectivity index (χ2n) is 5.30. The van der Waals surface area contributed by atoms with Gasteiger partial charge in [0.2, 0.25) is 0 Å². The quantitative estimate of drug-likeness (QED) is 0.741. The molecule has 1 amide bonds. The van der Waals surface area contributed by atoms with E-state index in [4.69, 9.17) is 9.47 Å². The summed E-state index contributed by atoms with van der Waals surface area (Å²) in [7, 11) is 0. The Labute approximate surface area is 152 Å². The molecular formula is C18H16F3NO5. The molecule has 0 aliphatic rings. The second-order valence-corrected chi connectivity index (χ2v) is 5.30. The van der Waals surface area contributed by atoms with Crippen molar-refractivity contribution in [2.45, 2.75) is 19.4 Å². The van der Waals surface area contributed by atoms with E-state index >= 15 is 0 Å². The maximum Gasteiger partial charge on any atom is 0.573 e. The molecule has 27 heavy (non-hydrogen) atoms. The van der Waals surface area contributed by atoms with Crippen molar-refractivity contribution >= 4 is 17.6 Å². The average molecular weight is 383 g/mol. The van der Waals surface area contributed by atoms with Gasteiger partial charge in [-0.25, -0.2) is 4.79 Å². The molecule has 0 radical (unpaired) electrons. The highest BCUT2D eigenvalue weighted by Crippen LogP contribution is 2.24. The molecule has 0 saturated heterocycles. The number of rotatable bonds is 7. The topological polar surface area (TPSA) is 73.9 Å². The molecule has 1 atom stereocenters. The SMILES string of the molecule is CC(OC(=O)COc1ccccc1)C(=O)Nc1ccc(OC(F)(F)F)cc1. The Morgan fingerprint density at radius 2 is 1.63 bits per heavy atom. The Balaban J connectivity index is 1.80. The van der Waals surface area contributed by atoms with Crippen LogP contribution in [0.2, 0.25) is 0 Å². The van der Waals surface area contributed by atoms with Gasteiger partial charge in [0.15, 0.2) is 12.7 Å². The molecule has 6 nitrogen and oxygen atoms in total. The van der Waals surface area contributed by atoms with Crippen molar-refractivity contribution in [2.75, 3.05) is 11.9 Å². The Bertz CT molecular complexity index is 763. The monoisotopic (exact) mass is 383 g/mol. The third-order valence-corrected chi connectivity index (χ3v) is 3.13. The minimum absolute atomic E-state index is 0.220. The lowest BCUT2D eigenvalue weighted by molar-refractivity contribution is -0.274. The van der Waals surface area contributed by atoms with Gasteiger partial charge in [0.25, 0.3) is 5.91 Å². The van der Waals surface area contributed by atoms with Crippen molar-refractivity contribution in [3.05, 3.63) is 54.6 Å². The lowest BCUT2D eigenvalue weighted by atomic mass is 10.3. The maximum atomic E-state index is 12.1. The molecule has 1 unspecified atom stereocenters. The van der Waals surface area contributed by atoms with Gasteiger partial charge in [0.1, 0.15) is 11.5 Å². The fraction of sp³-hybridized carbons (Fsp3) is 0.222. The first-order valence-electron chi connectivity index (χ1n) is 7.77. The van der Waals surface area contributed by atoms with E-state index < -0.39 is 30.1 Å². The van der Waals surface area contributed by atoms with Crippen LogP contribution in [0.25, 0.3) is 0 Å². The minimum Gasteiger partial charge on any atom is -0.482 e. The third kappa shape index (κ3) is 7.27. The van der Waals surface area contributed by atoms with Crippen LogP contribution in [0.5, 0.6) is 11.5 Å². The summed E-state index contributed by atoms with van der Waals surface area (Å²) in [6.45, 7) is 0.988. The van der Waals surface area contributed by atoms with E-state index in [2.05, 4.69) is 10.1 Å². The molecule has 1 N–H and O–H groups in total. The van der Waals surface area contributed by atoms with Crippen LogP contribution in [0.3, 0.4) is 0 Å². The standard InChI is InChI=1S/C18H16F3NO5/c1-12(26-16(23)11-25-14-5-3-2-4-6-14)17(24)22-13-7-9-15(10-8-13)27-18(19,20)21/h2-10,12H,11H2,1H3,(H,22,24). The predicted octanol–water partition coefficient (Wildman–Crippen LogP) is 3.53. The van der Waals surface area contributed by atoms with Crippen LogP contribution in [0.15, 0.2) is 54.6 Å². The molecule has 2 aromatic rings. The predicted molar refractivity (Wildman–Crippen MR) is 89.2 cm³/mol. The van der Waals surface area contributed by atoms with E-state index in [1.165, 1.54) is 19.1 Å². The number of alkyl halides is 3. The van der Waals surface area contributed by atoms with Gasteiger partial charge in [-0.1, -0.05) is 18.2 Å². The Morgan fingerprint density at radius 1 is 1.00 bits per heavy atom. The number of ether oxygens (including phenoxy) is 3. The zero-order valence-corrected chi connectivity index (χ0v) is 14.2. The van der Waals surface area contributed by atoms with Crippen LogP contribution in [0.4, 0.5) is 18.9 Å². The molecule has 0 fully saturated rings. The molecule has 9 heteroatoms. The molecule has 0 heterocycles. The summed E-state index contributed by atoms with van der Waals surface area (Å²) in [5, 5.41) is 2.42. The van der Waals surface area contributed by atoms with Crippen molar-refractivity contribution in [3.8, 4) is 11.5 Å². The Hall–Kier alpha value is -3.23. The Morgan fingerprint density at radius 3 is 2.22 bits per heavy atom. The first kappa shape index (κ1) is 20.1. The first-order valence-corrected chi connectivity index (χ1v) is 7.77. The van der Waals surface area contributed by atoms with Gasteiger partial charge in [-0.15, -0.1) is 13.2 Å². The molecule has 0 aliphatic carbocycles. The number of halogens is 3. The summed E-state index contributed by atoms with van der Waals surface area (Å²) in [4.78, 5) is 23.7. The average Bonchev–Trinajstić information content (AvgIpc) is 2.61. The van der Waals surface area contributed by atoms with E-state index in [9.17, 15) is 22.8 Å². The van der Waals surface area contributed by atoms with Gasteiger partial charge in [0, 0.05) is 5.69 Å². The van der Waals surface area contributed by atoms with E-state index in [1.54, 1.807) is 30.3 Å². The molecule has 0 spiro atoms. The van der Waals surface area contributed by atoms with Crippen LogP contribution in [-0.4, -0.2) is 30.9 Å². The summed E-state index contributed by atoms with van der Waals surface area (Å²) >= 11 is 0. The third-order valence-electron chi connectivity index (χ3n) is 3.13. The maximum absolute atomic E-state index is 12.1. The minimum atomic E-state index is -4.80. The molecule has 2 aromatic carbocycles. The largest absolute Gasteiger partial charge is 0.573 e. The number of carbonyl (C=O) groups is 2. The first-order chi connectivity index (χ1) is 12.7.